The number of pyridine rings is 1. The Kier molecular flexibility index (Phi) is 3.23. The predicted molar refractivity (Wildman–Crippen MR) is 91.2 cm³/mol. The maximum atomic E-state index is 9.50. The Hall–Kier alpha value is -2.54. The van der Waals surface area contributed by atoms with Crippen LogP contribution >= 0.6 is 0 Å². The lowest BCUT2D eigenvalue weighted by Crippen LogP contribution is -2.42. The van der Waals surface area contributed by atoms with Crippen LogP contribution in [0.4, 0.5) is 11.5 Å². The van der Waals surface area contributed by atoms with E-state index in [1.54, 1.807) is 6.20 Å². The number of nitrogens with two attached hydrogens (primary N) is 1. The zero-order valence-electron chi connectivity index (χ0n) is 13.1. The lowest BCUT2D eigenvalue weighted by Gasteiger charge is -2.40. The van der Waals surface area contributed by atoms with Gasteiger partial charge in [0.05, 0.1) is 12.0 Å². The minimum absolute atomic E-state index is 0.0447. The summed E-state index contributed by atoms with van der Waals surface area (Å²) in [7, 11) is 0. The van der Waals surface area contributed by atoms with Gasteiger partial charge in [0.25, 0.3) is 0 Å². The highest BCUT2D eigenvalue weighted by Gasteiger charge is 2.45. The lowest BCUT2D eigenvalue weighted by molar-refractivity contribution is 0.323. The molecule has 0 unspecified atom stereocenters. The summed E-state index contributed by atoms with van der Waals surface area (Å²) in [5, 5.41) is 9.50. The molecular formula is C19H20N4. The van der Waals surface area contributed by atoms with Crippen LogP contribution in [0.25, 0.3) is 0 Å². The molecule has 1 aliphatic carbocycles. The summed E-state index contributed by atoms with van der Waals surface area (Å²) in [6, 6.07) is 14.8. The number of fused-ring (bicyclic) bond motifs is 2. The Balaban J connectivity index is 1.59. The minimum Gasteiger partial charge on any atom is -0.399 e. The molecule has 116 valence electrons. The van der Waals surface area contributed by atoms with E-state index in [9.17, 15) is 5.26 Å². The second-order valence-electron chi connectivity index (χ2n) is 6.69. The Bertz CT molecular complexity index is 769. The lowest BCUT2D eigenvalue weighted by atomic mass is 9.73. The first-order valence-electron chi connectivity index (χ1n) is 8.17. The summed E-state index contributed by atoms with van der Waals surface area (Å²) in [6.07, 6.45) is 4.87. The van der Waals surface area contributed by atoms with Gasteiger partial charge in [0.2, 0.25) is 0 Å². The van der Waals surface area contributed by atoms with Gasteiger partial charge in [0, 0.05) is 36.5 Å². The molecular weight excluding hydrogens is 284 g/mol. The van der Waals surface area contributed by atoms with Crippen LogP contribution in [0.5, 0.6) is 0 Å². The Labute approximate surface area is 136 Å². The number of benzene rings is 1. The molecule has 2 heterocycles. The molecule has 1 atom stereocenters. The first-order chi connectivity index (χ1) is 11.2. The molecule has 1 fully saturated rings. The number of nitrogen functional groups attached to an aromatic ring is 1. The average Bonchev–Trinajstić information content (AvgIpc) is 2.90. The molecule has 2 aliphatic rings. The van der Waals surface area contributed by atoms with E-state index in [-0.39, 0.29) is 11.3 Å². The SMILES string of the molecule is N#C[C@H]1CC2(CCN(c3cc(N)ccn3)CC2)c2ccccc21. The van der Waals surface area contributed by atoms with Crippen molar-refractivity contribution in [3.05, 3.63) is 53.7 Å². The Morgan fingerprint density at radius 3 is 2.74 bits per heavy atom. The van der Waals surface area contributed by atoms with Crippen molar-refractivity contribution in [2.24, 2.45) is 0 Å². The summed E-state index contributed by atoms with van der Waals surface area (Å²) < 4.78 is 0. The highest BCUT2D eigenvalue weighted by Crippen LogP contribution is 2.51. The van der Waals surface area contributed by atoms with Gasteiger partial charge in [-0.1, -0.05) is 24.3 Å². The molecule has 2 N–H and O–H groups in total. The maximum absolute atomic E-state index is 9.50. The van der Waals surface area contributed by atoms with Crippen LogP contribution in [0, 0.1) is 11.3 Å². The Morgan fingerprint density at radius 1 is 1.22 bits per heavy atom. The molecule has 4 nitrogen and oxygen atoms in total. The van der Waals surface area contributed by atoms with Crippen molar-refractivity contribution in [3.63, 3.8) is 0 Å². The number of hydrogen-bond donors (Lipinski definition) is 1. The van der Waals surface area contributed by atoms with Crippen molar-refractivity contribution in [2.75, 3.05) is 23.7 Å². The van der Waals surface area contributed by atoms with Gasteiger partial charge in [-0.25, -0.2) is 4.98 Å². The molecule has 4 rings (SSSR count). The van der Waals surface area contributed by atoms with Crippen molar-refractivity contribution in [2.45, 2.75) is 30.6 Å². The number of aromatic nitrogens is 1. The van der Waals surface area contributed by atoms with Crippen LogP contribution in [-0.4, -0.2) is 18.1 Å². The summed E-state index contributed by atoms with van der Waals surface area (Å²) in [5.41, 5.74) is 9.43. The fourth-order valence-corrected chi connectivity index (χ4v) is 4.25. The number of piperidine rings is 1. The predicted octanol–water partition coefficient (Wildman–Crippen LogP) is 3.21. The number of rotatable bonds is 1. The fourth-order valence-electron chi connectivity index (χ4n) is 4.25. The van der Waals surface area contributed by atoms with E-state index in [4.69, 9.17) is 5.73 Å². The molecule has 1 aliphatic heterocycles. The highest BCUT2D eigenvalue weighted by molar-refractivity contribution is 5.52. The molecule has 2 aromatic rings. The molecule has 0 amide bonds. The van der Waals surface area contributed by atoms with Crippen molar-refractivity contribution < 1.29 is 0 Å². The minimum atomic E-state index is 0.0447. The summed E-state index contributed by atoms with van der Waals surface area (Å²) in [5.74, 6) is 1.01. The smallest absolute Gasteiger partial charge is 0.130 e. The van der Waals surface area contributed by atoms with Crippen molar-refractivity contribution in [3.8, 4) is 6.07 Å². The molecule has 1 aromatic heterocycles. The quantitative estimate of drug-likeness (QED) is 0.878. The van der Waals surface area contributed by atoms with Crippen LogP contribution in [0.15, 0.2) is 42.6 Å². The van der Waals surface area contributed by atoms with Gasteiger partial charge in [-0.2, -0.15) is 5.26 Å². The van der Waals surface area contributed by atoms with Gasteiger partial charge < -0.3 is 10.6 Å². The monoisotopic (exact) mass is 304 g/mol. The molecule has 4 heteroatoms. The number of anilines is 2. The van der Waals surface area contributed by atoms with Crippen molar-refractivity contribution in [1.82, 2.24) is 4.98 Å². The molecule has 23 heavy (non-hydrogen) atoms. The normalized spacial score (nSPS) is 21.9. The zero-order chi connectivity index (χ0) is 15.9. The summed E-state index contributed by atoms with van der Waals surface area (Å²) >= 11 is 0. The van der Waals surface area contributed by atoms with E-state index in [0.29, 0.717) is 0 Å². The number of nitrogens with zero attached hydrogens (tertiary/aromatic N) is 3. The van der Waals surface area contributed by atoms with E-state index in [0.717, 1.165) is 43.9 Å². The van der Waals surface area contributed by atoms with E-state index in [1.165, 1.54) is 11.1 Å². The van der Waals surface area contributed by atoms with Gasteiger partial charge in [0.1, 0.15) is 5.82 Å². The first kappa shape index (κ1) is 14.1. The van der Waals surface area contributed by atoms with Crippen LogP contribution in [0.3, 0.4) is 0 Å². The third kappa shape index (κ3) is 2.24. The molecule has 0 bridgehead atoms. The second kappa shape index (κ2) is 5.27. The van der Waals surface area contributed by atoms with Crippen LogP contribution in [0.1, 0.15) is 36.3 Å². The average molecular weight is 304 g/mol. The van der Waals surface area contributed by atoms with E-state index < -0.39 is 0 Å². The van der Waals surface area contributed by atoms with Crippen LogP contribution < -0.4 is 10.6 Å². The summed E-state index contributed by atoms with van der Waals surface area (Å²) in [6.45, 7) is 1.92. The van der Waals surface area contributed by atoms with E-state index >= 15 is 0 Å². The Morgan fingerprint density at radius 2 is 2.00 bits per heavy atom. The molecule has 0 saturated carbocycles. The van der Waals surface area contributed by atoms with Crippen molar-refractivity contribution >= 4 is 11.5 Å². The van der Waals surface area contributed by atoms with Crippen LogP contribution in [-0.2, 0) is 5.41 Å². The molecule has 1 saturated heterocycles. The number of hydrogen-bond acceptors (Lipinski definition) is 4. The van der Waals surface area contributed by atoms with Gasteiger partial charge >= 0.3 is 0 Å². The third-order valence-corrected chi connectivity index (χ3v) is 5.47. The van der Waals surface area contributed by atoms with Crippen molar-refractivity contribution in [1.29, 1.82) is 5.26 Å². The summed E-state index contributed by atoms with van der Waals surface area (Å²) in [4.78, 5) is 6.76. The highest BCUT2D eigenvalue weighted by atomic mass is 15.2. The standard InChI is InChI=1S/C19H20N4/c20-13-14-12-19(17-4-2-1-3-16(14)17)6-9-23(10-7-19)18-11-15(21)5-8-22-18/h1-5,8,11,14H,6-7,9-10,12H2,(H2,21,22)/t14-/m1/s1. The zero-order valence-corrected chi connectivity index (χ0v) is 13.1. The second-order valence-corrected chi connectivity index (χ2v) is 6.69. The van der Waals surface area contributed by atoms with E-state index in [1.807, 2.05) is 18.2 Å². The van der Waals surface area contributed by atoms with E-state index in [2.05, 4.69) is 34.2 Å². The first-order valence-corrected chi connectivity index (χ1v) is 8.17. The fraction of sp³-hybridized carbons (Fsp3) is 0.368. The number of nitriles is 1. The molecule has 1 spiro atoms. The van der Waals surface area contributed by atoms with Gasteiger partial charge in [-0.3, -0.25) is 0 Å². The van der Waals surface area contributed by atoms with Gasteiger partial charge in [-0.05, 0) is 36.5 Å². The maximum Gasteiger partial charge on any atom is 0.130 e. The molecule has 0 radical (unpaired) electrons. The molecule has 1 aromatic carbocycles. The topological polar surface area (TPSA) is 65.9 Å². The van der Waals surface area contributed by atoms with Crippen LogP contribution in [0.2, 0.25) is 0 Å². The third-order valence-electron chi connectivity index (χ3n) is 5.47. The van der Waals surface area contributed by atoms with Gasteiger partial charge in [0.15, 0.2) is 0 Å². The van der Waals surface area contributed by atoms with Gasteiger partial charge in [-0.15, -0.1) is 0 Å². The largest absolute Gasteiger partial charge is 0.399 e.